The third-order valence-electron chi connectivity index (χ3n) is 4.19. The Morgan fingerprint density at radius 2 is 2.04 bits per heavy atom. The number of hydrogen-bond donors (Lipinski definition) is 1. The number of amides is 1. The molecule has 2 rings (SSSR count). The quantitative estimate of drug-likeness (QED) is 0.620. The zero-order valence-electron chi connectivity index (χ0n) is 15.3. The second-order valence-electron chi connectivity index (χ2n) is 5.97. The van der Waals surface area contributed by atoms with Crippen LogP contribution in [0.3, 0.4) is 0 Å². The molecule has 6 nitrogen and oxygen atoms in total. The van der Waals surface area contributed by atoms with Gasteiger partial charge in [-0.05, 0) is 25.0 Å². The number of para-hydroxylation sites is 1. The molecule has 0 radical (unpaired) electrons. The van der Waals surface area contributed by atoms with Crippen LogP contribution >= 0.6 is 0 Å². The van der Waals surface area contributed by atoms with Gasteiger partial charge in [-0.3, -0.25) is 9.69 Å². The van der Waals surface area contributed by atoms with E-state index in [-0.39, 0.29) is 5.91 Å². The van der Waals surface area contributed by atoms with Crippen LogP contribution in [0, 0.1) is 0 Å². The number of rotatable bonds is 11. The Balaban J connectivity index is 1.82. The predicted octanol–water partition coefficient (Wildman–Crippen LogP) is 1.94. The van der Waals surface area contributed by atoms with Gasteiger partial charge in [0, 0.05) is 44.4 Å². The molecule has 1 aliphatic rings. The van der Waals surface area contributed by atoms with Crippen molar-refractivity contribution in [1.82, 2.24) is 10.2 Å². The summed E-state index contributed by atoms with van der Waals surface area (Å²) in [6.45, 7) is 3.10. The summed E-state index contributed by atoms with van der Waals surface area (Å²) in [6.07, 6.45) is 5.74. The first-order valence-electron chi connectivity index (χ1n) is 8.59. The number of methoxy groups -OCH3 is 3. The lowest BCUT2D eigenvalue weighted by Gasteiger charge is -2.21. The SMILES string of the molecule is COCCN(CCNC(=O)C=Cc1cccc(OC)c1OC)C1CC1. The standard InChI is InChI=1S/C19H28N2O4/c1-23-14-13-21(16-8-9-16)12-11-20-18(22)10-7-15-5-4-6-17(24-2)19(15)25-3/h4-7,10,16H,8-9,11-14H2,1-3H3,(H,20,22). The predicted molar refractivity (Wildman–Crippen MR) is 98.1 cm³/mol. The maximum Gasteiger partial charge on any atom is 0.244 e. The number of nitrogens with one attached hydrogen (secondary N) is 1. The minimum atomic E-state index is -0.118. The number of carbonyl (C=O) groups excluding carboxylic acids is 1. The van der Waals surface area contributed by atoms with Crippen LogP contribution in [-0.4, -0.2) is 64.4 Å². The van der Waals surface area contributed by atoms with Crippen molar-refractivity contribution in [2.75, 3.05) is 47.6 Å². The first kappa shape index (κ1) is 19.3. The van der Waals surface area contributed by atoms with E-state index in [0.717, 1.165) is 25.3 Å². The molecule has 0 bridgehead atoms. The van der Waals surface area contributed by atoms with E-state index in [1.54, 1.807) is 27.4 Å². The summed E-state index contributed by atoms with van der Waals surface area (Å²) in [6, 6.07) is 6.22. The Labute approximate surface area is 149 Å². The van der Waals surface area contributed by atoms with Crippen LogP contribution in [0.15, 0.2) is 24.3 Å². The van der Waals surface area contributed by atoms with E-state index in [2.05, 4.69) is 10.2 Å². The summed E-state index contributed by atoms with van der Waals surface area (Å²) in [5.74, 6) is 1.14. The molecule has 1 amide bonds. The van der Waals surface area contributed by atoms with Crippen molar-refractivity contribution in [3.8, 4) is 11.5 Å². The minimum absolute atomic E-state index is 0.118. The summed E-state index contributed by atoms with van der Waals surface area (Å²) in [5, 5.41) is 2.93. The van der Waals surface area contributed by atoms with Gasteiger partial charge in [0.2, 0.25) is 5.91 Å². The van der Waals surface area contributed by atoms with Crippen molar-refractivity contribution < 1.29 is 19.0 Å². The highest BCUT2D eigenvalue weighted by Crippen LogP contribution is 2.31. The summed E-state index contributed by atoms with van der Waals surface area (Å²) in [7, 11) is 4.89. The van der Waals surface area contributed by atoms with Crippen LogP contribution < -0.4 is 14.8 Å². The van der Waals surface area contributed by atoms with E-state index in [4.69, 9.17) is 14.2 Å². The molecular formula is C19H28N2O4. The van der Waals surface area contributed by atoms with Crippen molar-refractivity contribution in [2.24, 2.45) is 0 Å². The average molecular weight is 348 g/mol. The molecule has 1 aliphatic carbocycles. The van der Waals surface area contributed by atoms with Crippen LogP contribution in [0.4, 0.5) is 0 Å². The highest BCUT2D eigenvalue weighted by atomic mass is 16.5. The molecular weight excluding hydrogens is 320 g/mol. The first-order chi connectivity index (χ1) is 12.2. The van der Waals surface area contributed by atoms with E-state index >= 15 is 0 Å². The van der Waals surface area contributed by atoms with Crippen molar-refractivity contribution >= 4 is 12.0 Å². The molecule has 1 fully saturated rings. The number of hydrogen-bond acceptors (Lipinski definition) is 5. The molecule has 0 aliphatic heterocycles. The molecule has 1 saturated carbocycles. The lowest BCUT2D eigenvalue weighted by Crippen LogP contribution is -2.37. The molecule has 138 valence electrons. The number of carbonyl (C=O) groups is 1. The molecule has 0 atom stereocenters. The van der Waals surface area contributed by atoms with Crippen molar-refractivity contribution in [3.63, 3.8) is 0 Å². The molecule has 0 unspecified atom stereocenters. The highest BCUT2D eigenvalue weighted by molar-refractivity contribution is 5.92. The fourth-order valence-electron chi connectivity index (χ4n) is 2.72. The Morgan fingerprint density at radius 1 is 1.24 bits per heavy atom. The molecule has 0 heterocycles. The summed E-state index contributed by atoms with van der Waals surface area (Å²) >= 11 is 0. The fraction of sp³-hybridized carbons (Fsp3) is 0.526. The maximum atomic E-state index is 12.0. The topological polar surface area (TPSA) is 60.0 Å². The van der Waals surface area contributed by atoms with Crippen LogP contribution in [0.5, 0.6) is 11.5 Å². The maximum absolute atomic E-state index is 12.0. The van der Waals surface area contributed by atoms with Gasteiger partial charge in [-0.2, -0.15) is 0 Å². The van der Waals surface area contributed by atoms with E-state index in [9.17, 15) is 4.79 Å². The molecule has 0 aromatic heterocycles. The van der Waals surface area contributed by atoms with Gasteiger partial charge in [-0.1, -0.05) is 12.1 Å². The third-order valence-corrected chi connectivity index (χ3v) is 4.19. The van der Waals surface area contributed by atoms with Crippen LogP contribution in [0.1, 0.15) is 18.4 Å². The van der Waals surface area contributed by atoms with Crippen LogP contribution in [-0.2, 0) is 9.53 Å². The van der Waals surface area contributed by atoms with Crippen molar-refractivity contribution in [2.45, 2.75) is 18.9 Å². The monoisotopic (exact) mass is 348 g/mol. The smallest absolute Gasteiger partial charge is 0.244 e. The van der Waals surface area contributed by atoms with Gasteiger partial charge in [-0.15, -0.1) is 0 Å². The second kappa shape index (κ2) is 10.1. The molecule has 1 aromatic carbocycles. The van der Waals surface area contributed by atoms with E-state index in [1.807, 2.05) is 18.2 Å². The lowest BCUT2D eigenvalue weighted by molar-refractivity contribution is -0.116. The van der Waals surface area contributed by atoms with Gasteiger partial charge < -0.3 is 19.5 Å². The number of benzene rings is 1. The average Bonchev–Trinajstić information content (AvgIpc) is 3.47. The van der Waals surface area contributed by atoms with Gasteiger partial charge in [0.15, 0.2) is 11.5 Å². The van der Waals surface area contributed by atoms with E-state index in [1.165, 1.54) is 18.9 Å². The zero-order valence-corrected chi connectivity index (χ0v) is 15.3. The Morgan fingerprint density at radius 3 is 2.68 bits per heavy atom. The Bertz CT molecular complexity index is 585. The van der Waals surface area contributed by atoms with Gasteiger partial charge in [0.1, 0.15) is 0 Å². The zero-order chi connectivity index (χ0) is 18.1. The summed E-state index contributed by atoms with van der Waals surface area (Å²) in [4.78, 5) is 14.4. The van der Waals surface area contributed by atoms with Gasteiger partial charge in [0.25, 0.3) is 0 Å². The minimum Gasteiger partial charge on any atom is -0.493 e. The van der Waals surface area contributed by atoms with Gasteiger partial charge in [0.05, 0.1) is 20.8 Å². The highest BCUT2D eigenvalue weighted by Gasteiger charge is 2.28. The number of nitrogens with zero attached hydrogens (tertiary/aromatic N) is 1. The lowest BCUT2D eigenvalue weighted by atomic mass is 10.1. The van der Waals surface area contributed by atoms with E-state index < -0.39 is 0 Å². The van der Waals surface area contributed by atoms with Crippen molar-refractivity contribution in [3.05, 3.63) is 29.8 Å². The number of ether oxygens (including phenoxy) is 3. The second-order valence-corrected chi connectivity index (χ2v) is 5.97. The summed E-state index contributed by atoms with van der Waals surface area (Å²) in [5.41, 5.74) is 0.803. The molecule has 1 N–H and O–H groups in total. The first-order valence-corrected chi connectivity index (χ1v) is 8.59. The van der Waals surface area contributed by atoms with Gasteiger partial charge >= 0.3 is 0 Å². The molecule has 0 spiro atoms. The third kappa shape index (κ3) is 6.07. The molecule has 6 heteroatoms. The largest absolute Gasteiger partial charge is 0.493 e. The molecule has 25 heavy (non-hydrogen) atoms. The summed E-state index contributed by atoms with van der Waals surface area (Å²) < 4.78 is 15.8. The van der Waals surface area contributed by atoms with Crippen molar-refractivity contribution in [1.29, 1.82) is 0 Å². The fourth-order valence-corrected chi connectivity index (χ4v) is 2.72. The Kier molecular flexibility index (Phi) is 7.76. The molecule has 1 aromatic rings. The van der Waals surface area contributed by atoms with E-state index in [0.29, 0.717) is 24.1 Å². The normalized spacial score (nSPS) is 14.1. The van der Waals surface area contributed by atoms with Crippen LogP contribution in [0.2, 0.25) is 0 Å². The Hall–Kier alpha value is -2.05. The van der Waals surface area contributed by atoms with Crippen LogP contribution in [0.25, 0.3) is 6.08 Å². The molecule has 0 saturated heterocycles. The van der Waals surface area contributed by atoms with Gasteiger partial charge in [-0.25, -0.2) is 0 Å².